The Labute approximate surface area is 192 Å². The van der Waals surface area contributed by atoms with E-state index in [2.05, 4.69) is 22.0 Å². The number of benzene rings is 3. The molecule has 30 heavy (non-hydrogen) atoms. The summed E-state index contributed by atoms with van der Waals surface area (Å²) in [6, 6.07) is 18.6. The smallest absolute Gasteiger partial charge is 0.231 e. The van der Waals surface area contributed by atoms with Crippen LogP contribution in [0.5, 0.6) is 17.2 Å². The Morgan fingerprint density at radius 3 is 2.67 bits per heavy atom. The van der Waals surface area contributed by atoms with Crippen molar-refractivity contribution in [3.8, 4) is 23.3 Å². The third-order valence-corrected chi connectivity index (χ3v) is 5.68. The molecule has 0 saturated heterocycles. The van der Waals surface area contributed by atoms with Gasteiger partial charge in [0.15, 0.2) is 11.5 Å². The lowest BCUT2D eigenvalue weighted by molar-refractivity contribution is 0.174. The van der Waals surface area contributed by atoms with E-state index >= 15 is 0 Å². The van der Waals surface area contributed by atoms with Gasteiger partial charge in [-0.25, -0.2) is 0 Å². The Morgan fingerprint density at radius 2 is 1.90 bits per heavy atom. The fourth-order valence-corrected chi connectivity index (χ4v) is 3.90. The van der Waals surface area contributed by atoms with Gasteiger partial charge in [-0.3, -0.25) is 0 Å². The highest BCUT2D eigenvalue weighted by molar-refractivity contribution is 9.10. The molecule has 3 aromatic rings. The molecule has 0 N–H and O–H groups in total. The maximum absolute atomic E-state index is 9.62. The monoisotopic (exact) mass is 501 g/mol. The standard InChI is InChI=1S/C23H14BrCl2NO3/c24-19-8-14(1-5-21(19)28-12-16-2-4-18(25)10-20(16)26)7-17(11-27)15-3-6-22-23(9-15)30-13-29-22/h1-10H,12-13H2/b17-7-. The van der Waals surface area contributed by atoms with Crippen LogP contribution in [0.2, 0.25) is 10.0 Å². The van der Waals surface area contributed by atoms with Crippen molar-refractivity contribution < 1.29 is 14.2 Å². The fourth-order valence-electron chi connectivity index (χ4n) is 2.93. The summed E-state index contributed by atoms with van der Waals surface area (Å²) in [6.07, 6.45) is 1.81. The number of halogens is 3. The molecule has 1 heterocycles. The molecule has 0 atom stereocenters. The van der Waals surface area contributed by atoms with Crippen molar-refractivity contribution in [1.29, 1.82) is 5.26 Å². The van der Waals surface area contributed by atoms with E-state index in [4.69, 9.17) is 37.4 Å². The van der Waals surface area contributed by atoms with Crippen LogP contribution in [-0.2, 0) is 6.61 Å². The van der Waals surface area contributed by atoms with Crippen LogP contribution in [0.15, 0.2) is 59.1 Å². The van der Waals surface area contributed by atoms with Crippen LogP contribution in [0, 0.1) is 11.3 Å². The summed E-state index contributed by atoms with van der Waals surface area (Å²) >= 11 is 15.7. The average Bonchev–Trinajstić information content (AvgIpc) is 3.20. The molecule has 4 rings (SSSR count). The third kappa shape index (κ3) is 4.57. The summed E-state index contributed by atoms with van der Waals surface area (Å²) in [5.41, 5.74) is 2.97. The molecule has 0 amide bonds. The van der Waals surface area contributed by atoms with Gasteiger partial charge in [-0.1, -0.05) is 35.3 Å². The van der Waals surface area contributed by atoms with Crippen molar-refractivity contribution in [2.24, 2.45) is 0 Å². The van der Waals surface area contributed by atoms with Crippen molar-refractivity contribution >= 4 is 50.8 Å². The van der Waals surface area contributed by atoms with Gasteiger partial charge in [0.1, 0.15) is 12.4 Å². The average molecular weight is 503 g/mol. The summed E-state index contributed by atoms with van der Waals surface area (Å²) in [6.45, 7) is 0.504. The number of ether oxygens (including phenoxy) is 3. The number of hydrogen-bond acceptors (Lipinski definition) is 4. The molecule has 150 valence electrons. The quantitative estimate of drug-likeness (QED) is 0.275. The molecule has 0 saturated carbocycles. The molecule has 0 aliphatic carbocycles. The first-order chi connectivity index (χ1) is 14.5. The Hall–Kier alpha value is -2.65. The van der Waals surface area contributed by atoms with Gasteiger partial charge in [0, 0.05) is 15.6 Å². The largest absolute Gasteiger partial charge is 0.488 e. The van der Waals surface area contributed by atoms with E-state index in [1.54, 1.807) is 24.3 Å². The van der Waals surface area contributed by atoms with Gasteiger partial charge in [0.05, 0.1) is 16.1 Å². The summed E-state index contributed by atoms with van der Waals surface area (Å²) in [5.74, 6) is 1.99. The van der Waals surface area contributed by atoms with Gasteiger partial charge < -0.3 is 14.2 Å². The van der Waals surface area contributed by atoms with E-state index in [1.807, 2.05) is 36.4 Å². The van der Waals surface area contributed by atoms with Crippen LogP contribution >= 0.6 is 39.1 Å². The van der Waals surface area contributed by atoms with Crippen LogP contribution in [0.1, 0.15) is 16.7 Å². The lowest BCUT2D eigenvalue weighted by atomic mass is 10.0. The lowest BCUT2D eigenvalue weighted by Crippen LogP contribution is -1.97. The SMILES string of the molecule is N#C/C(=C/c1ccc(OCc2ccc(Cl)cc2Cl)c(Br)c1)c1ccc2c(c1)OCO2. The van der Waals surface area contributed by atoms with E-state index in [-0.39, 0.29) is 6.79 Å². The predicted octanol–water partition coefficient (Wildman–Crippen LogP) is 7.13. The number of allylic oxidation sites excluding steroid dienone is 1. The maximum Gasteiger partial charge on any atom is 0.231 e. The minimum atomic E-state index is 0.194. The normalized spacial score (nSPS) is 12.5. The van der Waals surface area contributed by atoms with E-state index in [0.29, 0.717) is 39.5 Å². The molecule has 0 aromatic heterocycles. The predicted molar refractivity (Wildman–Crippen MR) is 121 cm³/mol. The van der Waals surface area contributed by atoms with Gasteiger partial charge in [0.2, 0.25) is 6.79 Å². The van der Waals surface area contributed by atoms with Gasteiger partial charge in [-0.2, -0.15) is 5.26 Å². The van der Waals surface area contributed by atoms with Crippen LogP contribution in [-0.4, -0.2) is 6.79 Å². The zero-order chi connectivity index (χ0) is 21.1. The van der Waals surface area contributed by atoms with Gasteiger partial charge in [-0.15, -0.1) is 0 Å². The van der Waals surface area contributed by atoms with Crippen molar-refractivity contribution in [2.75, 3.05) is 6.79 Å². The molecule has 0 spiro atoms. The number of nitriles is 1. The minimum Gasteiger partial charge on any atom is -0.488 e. The topological polar surface area (TPSA) is 51.5 Å². The van der Waals surface area contributed by atoms with Crippen molar-refractivity contribution in [1.82, 2.24) is 0 Å². The summed E-state index contributed by atoms with van der Waals surface area (Å²) in [7, 11) is 0. The molecule has 0 fully saturated rings. The molecule has 0 bridgehead atoms. The van der Waals surface area contributed by atoms with Gasteiger partial charge in [-0.05, 0) is 75.6 Å². The fraction of sp³-hybridized carbons (Fsp3) is 0.0870. The summed E-state index contributed by atoms with van der Waals surface area (Å²) in [4.78, 5) is 0. The van der Waals surface area contributed by atoms with Gasteiger partial charge >= 0.3 is 0 Å². The molecule has 1 aliphatic heterocycles. The highest BCUT2D eigenvalue weighted by Crippen LogP contribution is 2.35. The molecule has 0 unspecified atom stereocenters. The molecule has 0 radical (unpaired) electrons. The zero-order valence-electron chi connectivity index (χ0n) is 15.5. The molecular formula is C23H14BrCl2NO3. The van der Waals surface area contributed by atoms with Crippen molar-refractivity contribution in [3.63, 3.8) is 0 Å². The first-order valence-electron chi connectivity index (χ1n) is 8.91. The van der Waals surface area contributed by atoms with E-state index in [0.717, 1.165) is 21.2 Å². The highest BCUT2D eigenvalue weighted by atomic mass is 79.9. The third-order valence-electron chi connectivity index (χ3n) is 4.47. The van der Waals surface area contributed by atoms with E-state index in [1.165, 1.54) is 0 Å². The zero-order valence-corrected chi connectivity index (χ0v) is 18.6. The van der Waals surface area contributed by atoms with Crippen molar-refractivity contribution in [3.05, 3.63) is 85.8 Å². The first kappa shape index (κ1) is 20.6. The van der Waals surface area contributed by atoms with Crippen LogP contribution in [0.3, 0.4) is 0 Å². The first-order valence-corrected chi connectivity index (χ1v) is 10.5. The molecule has 1 aliphatic rings. The second-order valence-corrected chi connectivity index (χ2v) is 8.15. The van der Waals surface area contributed by atoms with Crippen LogP contribution in [0.25, 0.3) is 11.6 Å². The van der Waals surface area contributed by atoms with Crippen LogP contribution in [0.4, 0.5) is 0 Å². The van der Waals surface area contributed by atoms with Gasteiger partial charge in [0.25, 0.3) is 0 Å². The van der Waals surface area contributed by atoms with Crippen molar-refractivity contribution in [2.45, 2.75) is 6.61 Å². The molecule has 7 heteroatoms. The number of fused-ring (bicyclic) bond motifs is 1. The maximum atomic E-state index is 9.62. The molecule has 4 nitrogen and oxygen atoms in total. The second-order valence-electron chi connectivity index (χ2n) is 6.45. The molecule has 3 aromatic carbocycles. The summed E-state index contributed by atoms with van der Waals surface area (Å²) < 4.78 is 17.4. The Bertz CT molecular complexity index is 1190. The number of hydrogen-bond donors (Lipinski definition) is 0. The minimum absolute atomic E-state index is 0.194. The molecular weight excluding hydrogens is 489 g/mol. The second kappa shape index (κ2) is 9.01. The highest BCUT2D eigenvalue weighted by Gasteiger charge is 2.15. The summed E-state index contributed by atoms with van der Waals surface area (Å²) in [5, 5.41) is 10.8. The van der Waals surface area contributed by atoms with Crippen LogP contribution < -0.4 is 14.2 Å². The lowest BCUT2D eigenvalue weighted by Gasteiger charge is -2.10. The Kier molecular flexibility index (Phi) is 6.19. The number of rotatable bonds is 5. The Balaban J connectivity index is 1.52. The van der Waals surface area contributed by atoms with E-state index < -0.39 is 0 Å². The number of nitrogens with zero attached hydrogens (tertiary/aromatic N) is 1. The Morgan fingerprint density at radius 1 is 1.07 bits per heavy atom. The van der Waals surface area contributed by atoms with E-state index in [9.17, 15) is 5.26 Å².